The summed E-state index contributed by atoms with van der Waals surface area (Å²) in [6, 6.07) is 0. The van der Waals surface area contributed by atoms with Crippen molar-refractivity contribution in [3.05, 3.63) is 12.2 Å². The van der Waals surface area contributed by atoms with Crippen LogP contribution in [0.5, 0.6) is 0 Å². The third-order valence-electron chi connectivity index (χ3n) is 3.57. The van der Waals surface area contributed by atoms with Crippen LogP contribution >= 0.6 is 0 Å². The van der Waals surface area contributed by atoms with Gasteiger partial charge in [0, 0.05) is 18.4 Å². The van der Waals surface area contributed by atoms with E-state index in [2.05, 4.69) is 6.58 Å². The van der Waals surface area contributed by atoms with Crippen LogP contribution in [0.3, 0.4) is 0 Å². The smallest absolute Gasteiger partial charge is 0.140 e. The molecule has 1 saturated carbocycles. The minimum atomic E-state index is -0.187. The molecule has 0 aromatic rings. The second-order valence-electron chi connectivity index (χ2n) is 4.93. The summed E-state index contributed by atoms with van der Waals surface area (Å²) in [5.74, 6) is 0.368. The monoisotopic (exact) mass is 209 g/mol. The quantitative estimate of drug-likeness (QED) is 0.707. The lowest BCUT2D eigenvalue weighted by atomic mass is 9.70. The van der Waals surface area contributed by atoms with Crippen LogP contribution in [0, 0.1) is 5.41 Å². The Bertz CT molecular complexity index is 239. The minimum absolute atomic E-state index is 0.187. The Labute approximate surface area is 92.9 Å². The van der Waals surface area contributed by atoms with E-state index in [1.54, 1.807) is 0 Å². The van der Waals surface area contributed by atoms with Gasteiger partial charge in [-0.15, -0.1) is 6.58 Å². The normalized spacial score (nSPS) is 19.9. The summed E-state index contributed by atoms with van der Waals surface area (Å²) in [4.78, 5) is 12.1. The molecule has 0 spiro atoms. The summed E-state index contributed by atoms with van der Waals surface area (Å²) in [6.45, 7) is 6.34. The molecule has 0 aromatic carbocycles. The second-order valence-corrected chi connectivity index (χ2v) is 4.93. The molecule has 15 heavy (non-hydrogen) atoms. The van der Waals surface area contributed by atoms with E-state index in [0.717, 1.165) is 37.7 Å². The first-order valence-electron chi connectivity index (χ1n) is 5.98. The zero-order valence-electron chi connectivity index (χ0n) is 9.85. The Kier molecular flexibility index (Phi) is 4.52. The minimum Gasteiger partial charge on any atom is -0.329 e. The van der Waals surface area contributed by atoms with E-state index >= 15 is 0 Å². The number of hydrogen-bond acceptors (Lipinski definition) is 2. The number of hydrogen-bond donors (Lipinski definition) is 1. The van der Waals surface area contributed by atoms with Gasteiger partial charge in [0.15, 0.2) is 0 Å². The summed E-state index contributed by atoms with van der Waals surface area (Å²) in [5.41, 5.74) is 6.70. The maximum atomic E-state index is 12.1. The lowest BCUT2D eigenvalue weighted by molar-refractivity contribution is -0.130. The van der Waals surface area contributed by atoms with Crippen molar-refractivity contribution in [1.82, 2.24) is 0 Å². The number of rotatable bonds is 5. The molecule has 0 heterocycles. The fourth-order valence-corrected chi connectivity index (χ4v) is 2.42. The molecule has 1 rings (SSSR count). The molecule has 1 aliphatic rings. The highest BCUT2D eigenvalue weighted by molar-refractivity contribution is 5.85. The lowest BCUT2D eigenvalue weighted by Crippen LogP contribution is -2.40. The van der Waals surface area contributed by atoms with Gasteiger partial charge in [-0.1, -0.05) is 24.8 Å². The van der Waals surface area contributed by atoms with Gasteiger partial charge in [-0.3, -0.25) is 4.79 Å². The number of ketones is 1. The number of carbonyl (C=O) groups is 1. The van der Waals surface area contributed by atoms with Crippen LogP contribution in [0.1, 0.15) is 51.9 Å². The highest BCUT2D eigenvalue weighted by Crippen LogP contribution is 2.37. The first kappa shape index (κ1) is 12.4. The van der Waals surface area contributed by atoms with Crippen LogP contribution in [0.4, 0.5) is 0 Å². The molecule has 0 saturated heterocycles. The molecule has 1 fully saturated rings. The maximum absolute atomic E-state index is 12.1. The van der Waals surface area contributed by atoms with Gasteiger partial charge in [-0.25, -0.2) is 0 Å². The average Bonchev–Trinajstić information content (AvgIpc) is 2.26. The van der Waals surface area contributed by atoms with Gasteiger partial charge in [0.1, 0.15) is 5.78 Å². The van der Waals surface area contributed by atoms with Gasteiger partial charge in [-0.2, -0.15) is 0 Å². The largest absolute Gasteiger partial charge is 0.329 e. The van der Waals surface area contributed by atoms with Crippen LogP contribution in [-0.4, -0.2) is 12.3 Å². The van der Waals surface area contributed by atoms with Crippen molar-refractivity contribution in [3.63, 3.8) is 0 Å². The van der Waals surface area contributed by atoms with E-state index < -0.39 is 0 Å². The van der Waals surface area contributed by atoms with Crippen molar-refractivity contribution in [2.75, 3.05) is 6.54 Å². The fraction of sp³-hybridized carbons (Fsp3) is 0.769. The number of allylic oxidation sites excluding steroid dienone is 1. The van der Waals surface area contributed by atoms with Crippen LogP contribution in [0.15, 0.2) is 12.2 Å². The molecule has 0 atom stereocenters. The fourth-order valence-electron chi connectivity index (χ4n) is 2.42. The molecule has 86 valence electrons. The highest BCUT2D eigenvalue weighted by Gasteiger charge is 2.36. The van der Waals surface area contributed by atoms with Gasteiger partial charge in [0.05, 0.1) is 0 Å². The van der Waals surface area contributed by atoms with Gasteiger partial charge >= 0.3 is 0 Å². The predicted octanol–water partition coefficient (Wildman–Crippen LogP) is 2.82. The molecule has 0 aromatic heterocycles. The zero-order valence-corrected chi connectivity index (χ0v) is 9.85. The van der Waals surface area contributed by atoms with Gasteiger partial charge in [0.25, 0.3) is 0 Å². The maximum Gasteiger partial charge on any atom is 0.140 e. The van der Waals surface area contributed by atoms with Gasteiger partial charge < -0.3 is 5.73 Å². The van der Waals surface area contributed by atoms with Crippen molar-refractivity contribution in [3.8, 4) is 0 Å². The summed E-state index contributed by atoms with van der Waals surface area (Å²) in [6.07, 6.45) is 7.03. The summed E-state index contributed by atoms with van der Waals surface area (Å²) in [7, 11) is 0. The lowest BCUT2D eigenvalue weighted by Gasteiger charge is -2.34. The molecule has 2 N–H and O–H groups in total. The second kappa shape index (κ2) is 5.45. The molecule has 0 unspecified atom stereocenters. The molecule has 0 aliphatic heterocycles. The Balaban J connectivity index is 2.55. The molecule has 0 radical (unpaired) electrons. The van der Waals surface area contributed by atoms with Crippen molar-refractivity contribution < 1.29 is 4.79 Å². The van der Waals surface area contributed by atoms with Crippen LogP contribution in [0.25, 0.3) is 0 Å². The van der Waals surface area contributed by atoms with Crippen molar-refractivity contribution >= 4 is 5.78 Å². The highest BCUT2D eigenvalue weighted by atomic mass is 16.1. The predicted molar refractivity (Wildman–Crippen MR) is 63.6 cm³/mol. The third kappa shape index (κ3) is 3.16. The first-order valence-corrected chi connectivity index (χ1v) is 5.98. The Morgan fingerprint density at radius 3 is 2.33 bits per heavy atom. The van der Waals surface area contributed by atoms with Gasteiger partial charge in [0.2, 0.25) is 0 Å². The molecule has 0 bridgehead atoms. The standard InChI is InChI=1S/C13H23NO/c1-11(2)6-7-12(15)13(10-14)8-4-3-5-9-13/h1,3-10,14H2,2H3. The van der Waals surface area contributed by atoms with E-state index in [1.807, 2.05) is 6.92 Å². The van der Waals surface area contributed by atoms with Crippen molar-refractivity contribution in [2.45, 2.75) is 51.9 Å². The summed E-state index contributed by atoms with van der Waals surface area (Å²) >= 11 is 0. The van der Waals surface area contributed by atoms with Crippen molar-refractivity contribution in [1.29, 1.82) is 0 Å². The number of nitrogens with two attached hydrogens (primary N) is 1. The van der Waals surface area contributed by atoms with Crippen LogP contribution in [0.2, 0.25) is 0 Å². The van der Waals surface area contributed by atoms with Crippen molar-refractivity contribution in [2.24, 2.45) is 11.1 Å². The molecule has 2 heteroatoms. The molecule has 1 aliphatic carbocycles. The molecular weight excluding hydrogens is 186 g/mol. The van der Waals surface area contributed by atoms with E-state index in [0.29, 0.717) is 18.7 Å². The van der Waals surface area contributed by atoms with Crippen LogP contribution in [-0.2, 0) is 4.79 Å². The third-order valence-corrected chi connectivity index (χ3v) is 3.57. The van der Waals surface area contributed by atoms with Gasteiger partial charge in [-0.05, 0) is 26.2 Å². The first-order chi connectivity index (χ1) is 7.10. The summed E-state index contributed by atoms with van der Waals surface area (Å²) in [5, 5.41) is 0. The SMILES string of the molecule is C=C(C)CCC(=O)C1(CN)CCCCC1. The molecule has 2 nitrogen and oxygen atoms in total. The van der Waals surface area contributed by atoms with E-state index in [4.69, 9.17) is 5.73 Å². The van der Waals surface area contributed by atoms with Crippen LogP contribution < -0.4 is 5.73 Å². The molecular formula is C13H23NO. The molecule has 0 amide bonds. The van der Waals surface area contributed by atoms with E-state index in [1.165, 1.54) is 6.42 Å². The summed E-state index contributed by atoms with van der Waals surface area (Å²) < 4.78 is 0. The topological polar surface area (TPSA) is 43.1 Å². The Morgan fingerprint density at radius 2 is 1.87 bits per heavy atom. The van der Waals surface area contributed by atoms with E-state index in [-0.39, 0.29) is 5.41 Å². The zero-order chi connectivity index (χ0) is 11.3. The Morgan fingerprint density at radius 1 is 1.27 bits per heavy atom. The average molecular weight is 209 g/mol. The number of Topliss-reactive ketones (excluding diaryl/α,β-unsaturated/α-hetero) is 1. The number of carbonyl (C=O) groups excluding carboxylic acids is 1. The van der Waals surface area contributed by atoms with E-state index in [9.17, 15) is 4.79 Å². The Hall–Kier alpha value is -0.630.